The van der Waals surface area contributed by atoms with Crippen LogP contribution in [0.2, 0.25) is 0 Å². The van der Waals surface area contributed by atoms with Gasteiger partial charge in [-0.25, -0.2) is 0 Å². The first-order chi connectivity index (χ1) is 11.2. The molecule has 8 heteroatoms. The summed E-state index contributed by atoms with van der Waals surface area (Å²) in [6.07, 6.45) is 0.762. The SMILES string of the molecule is CNC(C)Cc1noc(CSCc2cc(-c3cccs3)on2)n1. The van der Waals surface area contributed by atoms with Gasteiger partial charge < -0.3 is 14.4 Å². The van der Waals surface area contributed by atoms with Gasteiger partial charge >= 0.3 is 0 Å². The zero-order valence-electron chi connectivity index (χ0n) is 13.0. The van der Waals surface area contributed by atoms with Gasteiger partial charge in [0.2, 0.25) is 5.89 Å². The second kappa shape index (κ2) is 7.76. The van der Waals surface area contributed by atoms with Crippen LogP contribution in [-0.4, -0.2) is 28.4 Å². The first kappa shape index (κ1) is 16.2. The number of hydrogen-bond donors (Lipinski definition) is 1. The molecule has 0 spiro atoms. The number of thioether (sulfide) groups is 1. The fraction of sp³-hybridized carbons (Fsp3) is 0.400. The van der Waals surface area contributed by atoms with E-state index in [9.17, 15) is 0 Å². The minimum atomic E-state index is 0.332. The van der Waals surface area contributed by atoms with Crippen molar-refractivity contribution in [3.63, 3.8) is 0 Å². The molecule has 6 nitrogen and oxygen atoms in total. The maximum atomic E-state index is 5.36. The molecule has 3 heterocycles. The third kappa shape index (κ3) is 4.43. The lowest BCUT2D eigenvalue weighted by atomic mass is 10.2. The molecule has 3 aromatic rings. The Hall–Kier alpha value is -1.64. The molecule has 0 aromatic carbocycles. The first-order valence-corrected chi connectivity index (χ1v) is 9.34. The molecule has 3 aromatic heterocycles. The van der Waals surface area contributed by atoms with Gasteiger partial charge in [0.15, 0.2) is 11.6 Å². The zero-order chi connectivity index (χ0) is 16.1. The van der Waals surface area contributed by atoms with Crippen LogP contribution in [0.25, 0.3) is 10.6 Å². The van der Waals surface area contributed by atoms with Gasteiger partial charge in [0, 0.05) is 24.3 Å². The van der Waals surface area contributed by atoms with E-state index >= 15 is 0 Å². The highest BCUT2D eigenvalue weighted by Crippen LogP contribution is 2.26. The van der Waals surface area contributed by atoms with Crippen molar-refractivity contribution >= 4 is 23.1 Å². The van der Waals surface area contributed by atoms with E-state index in [1.54, 1.807) is 23.1 Å². The standard InChI is InChI=1S/C15H18N4O2S2/c1-10(16-2)6-14-17-15(21-19-14)9-22-8-11-7-12(20-18-11)13-4-3-5-23-13/h3-5,7,10,16H,6,8-9H2,1-2H3. The van der Waals surface area contributed by atoms with Crippen LogP contribution in [0.1, 0.15) is 24.3 Å². The van der Waals surface area contributed by atoms with Crippen molar-refractivity contribution < 1.29 is 9.05 Å². The summed E-state index contributed by atoms with van der Waals surface area (Å²) in [5.41, 5.74) is 0.918. The van der Waals surface area contributed by atoms with Crippen LogP contribution in [0.3, 0.4) is 0 Å². The number of thiophene rings is 1. The Kier molecular flexibility index (Phi) is 5.47. The van der Waals surface area contributed by atoms with Crippen LogP contribution >= 0.6 is 23.1 Å². The lowest BCUT2D eigenvalue weighted by molar-refractivity contribution is 0.382. The van der Waals surface area contributed by atoms with Gasteiger partial charge in [-0.1, -0.05) is 16.4 Å². The predicted octanol–water partition coefficient (Wildman–Crippen LogP) is 3.37. The highest BCUT2D eigenvalue weighted by molar-refractivity contribution is 7.97. The molecular formula is C15H18N4O2S2. The molecule has 0 radical (unpaired) electrons. The van der Waals surface area contributed by atoms with Crippen LogP contribution in [-0.2, 0) is 17.9 Å². The van der Waals surface area contributed by atoms with Crippen LogP contribution in [0.15, 0.2) is 32.6 Å². The average molecular weight is 350 g/mol. The zero-order valence-corrected chi connectivity index (χ0v) is 14.6. The largest absolute Gasteiger partial charge is 0.355 e. The van der Waals surface area contributed by atoms with E-state index in [2.05, 4.69) is 27.5 Å². The number of likely N-dealkylation sites (N-methyl/N-ethyl adjacent to an activating group) is 1. The summed E-state index contributed by atoms with van der Waals surface area (Å²) in [6, 6.07) is 6.33. The lowest BCUT2D eigenvalue weighted by Gasteiger charge is -2.04. The molecule has 3 rings (SSSR count). The van der Waals surface area contributed by atoms with Gasteiger partial charge in [-0.2, -0.15) is 4.98 Å². The quantitative estimate of drug-likeness (QED) is 0.667. The van der Waals surface area contributed by atoms with Crippen molar-refractivity contribution in [3.8, 4) is 10.6 Å². The minimum Gasteiger partial charge on any atom is -0.355 e. The van der Waals surface area contributed by atoms with Gasteiger partial charge in [0.25, 0.3) is 0 Å². The van der Waals surface area contributed by atoms with E-state index in [0.717, 1.165) is 34.3 Å². The van der Waals surface area contributed by atoms with Crippen LogP contribution in [0, 0.1) is 0 Å². The highest BCUT2D eigenvalue weighted by Gasteiger charge is 2.11. The summed E-state index contributed by atoms with van der Waals surface area (Å²) in [7, 11) is 1.92. The predicted molar refractivity (Wildman–Crippen MR) is 91.3 cm³/mol. The first-order valence-electron chi connectivity index (χ1n) is 7.30. The van der Waals surface area contributed by atoms with Crippen LogP contribution in [0.5, 0.6) is 0 Å². The number of nitrogens with one attached hydrogen (secondary N) is 1. The molecule has 0 amide bonds. The van der Waals surface area contributed by atoms with Crippen LogP contribution in [0.4, 0.5) is 0 Å². The molecule has 0 aliphatic heterocycles. The van der Waals surface area contributed by atoms with Gasteiger partial charge in [0.05, 0.1) is 16.3 Å². The fourth-order valence-corrected chi connectivity index (χ4v) is 3.38. The molecule has 0 fully saturated rings. The lowest BCUT2D eigenvalue weighted by Crippen LogP contribution is -2.24. The van der Waals surface area contributed by atoms with E-state index in [1.807, 2.05) is 30.6 Å². The monoisotopic (exact) mass is 350 g/mol. The van der Waals surface area contributed by atoms with Crippen molar-refractivity contribution in [1.29, 1.82) is 0 Å². The van der Waals surface area contributed by atoms with Gasteiger partial charge in [0.1, 0.15) is 0 Å². The molecule has 122 valence electrons. The smallest absolute Gasteiger partial charge is 0.236 e. The molecule has 1 atom stereocenters. The van der Waals surface area contributed by atoms with Crippen molar-refractivity contribution in [2.24, 2.45) is 0 Å². The van der Waals surface area contributed by atoms with E-state index in [0.29, 0.717) is 17.7 Å². The van der Waals surface area contributed by atoms with Crippen molar-refractivity contribution in [1.82, 2.24) is 20.6 Å². The Bertz CT molecular complexity index is 724. The number of aromatic nitrogens is 3. The number of nitrogens with zero attached hydrogens (tertiary/aromatic N) is 3. The Morgan fingerprint density at radius 2 is 2.22 bits per heavy atom. The maximum Gasteiger partial charge on any atom is 0.236 e. The second-order valence-corrected chi connectivity index (χ2v) is 7.08. The molecule has 0 bridgehead atoms. The van der Waals surface area contributed by atoms with Crippen molar-refractivity contribution in [2.75, 3.05) is 7.05 Å². The van der Waals surface area contributed by atoms with Gasteiger partial charge in [-0.3, -0.25) is 0 Å². The number of hydrogen-bond acceptors (Lipinski definition) is 8. The third-order valence-corrected chi connectivity index (χ3v) is 5.13. The molecule has 0 saturated heterocycles. The Balaban J connectivity index is 1.48. The molecule has 23 heavy (non-hydrogen) atoms. The van der Waals surface area contributed by atoms with Gasteiger partial charge in [-0.15, -0.1) is 23.1 Å². The summed E-state index contributed by atoms with van der Waals surface area (Å²) in [5, 5.41) is 13.3. The molecule has 0 aliphatic rings. The summed E-state index contributed by atoms with van der Waals surface area (Å²) < 4.78 is 10.6. The molecule has 1 N–H and O–H groups in total. The van der Waals surface area contributed by atoms with E-state index < -0.39 is 0 Å². The fourth-order valence-electron chi connectivity index (χ4n) is 1.97. The molecule has 0 aliphatic carbocycles. The summed E-state index contributed by atoms with van der Waals surface area (Å²) in [5.74, 6) is 3.62. The van der Waals surface area contributed by atoms with Crippen molar-refractivity contribution in [2.45, 2.75) is 30.9 Å². The summed E-state index contributed by atoms with van der Waals surface area (Å²) in [6.45, 7) is 2.08. The molecule has 0 saturated carbocycles. The van der Waals surface area contributed by atoms with Crippen molar-refractivity contribution in [3.05, 3.63) is 41.0 Å². The Labute approximate surface area is 142 Å². The third-order valence-electron chi connectivity index (χ3n) is 3.29. The topological polar surface area (TPSA) is 77.0 Å². The van der Waals surface area contributed by atoms with E-state index in [4.69, 9.17) is 9.05 Å². The minimum absolute atomic E-state index is 0.332. The highest BCUT2D eigenvalue weighted by atomic mass is 32.2. The summed E-state index contributed by atoms with van der Waals surface area (Å²) in [4.78, 5) is 5.49. The van der Waals surface area contributed by atoms with E-state index in [1.165, 1.54) is 0 Å². The van der Waals surface area contributed by atoms with E-state index in [-0.39, 0.29) is 0 Å². The average Bonchev–Trinajstić information content (AvgIpc) is 3.28. The molecular weight excluding hydrogens is 332 g/mol. The number of rotatable bonds is 8. The second-order valence-electron chi connectivity index (χ2n) is 5.15. The molecule has 1 unspecified atom stereocenters. The Morgan fingerprint density at radius 1 is 1.30 bits per heavy atom. The maximum absolute atomic E-state index is 5.36. The van der Waals surface area contributed by atoms with Gasteiger partial charge in [-0.05, 0) is 25.4 Å². The summed E-state index contributed by atoms with van der Waals surface area (Å²) >= 11 is 3.32. The van der Waals surface area contributed by atoms with Crippen LogP contribution < -0.4 is 5.32 Å². The Morgan fingerprint density at radius 3 is 3.00 bits per heavy atom. The normalized spacial score (nSPS) is 12.6.